The number of carbonyl (C=O) groups is 2. The standard InChI is InChI=1S/C25H21ClN6O3/c1-2-22(35-18-7-5-17(6-8-18)32-13-3-12-28-32)25(34)31-15-23(33)29-21-11-10-20(30-24(21)31)19-9-4-16(26)14-27-19/h3-14,22H,2,15H2,1H3,(H,29,33). The molecule has 3 aromatic heterocycles. The normalized spacial score (nSPS) is 13.7. The molecule has 0 radical (unpaired) electrons. The minimum atomic E-state index is -0.802. The first-order valence-corrected chi connectivity index (χ1v) is 11.4. The fourth-order valence-corrected chi connectivity index (χ4v) is 3.87. The van der Waals surface area contributed by atoms with Crippen LogP contribution in [0, 0.1) is 0 Å². The second-order valence-electron chi connectivity index (χ2n) is 7.86. The molecular formula is C25H21ClN6O3. The fraction of sp³-hybridized carbons (Fsp3) is 0.160. The van der Waals surface area contributed by atoms with Crippen molar-refractivity contribution in [3.05, 3.63) is 78.2 Å². The number of nitrogens with zero attached hydrogens (tertiary/aromatic N) is 5. The zero-order chi connectivity index (χ0) is 24.4. The average molecular weight is 489 g/mol. The smallest absolute Gasteiger partial charge is 0.269 e. The number of carbonyl (C=O) groups excluding carboxylic acids is 2. The molecule has 9 nitrogen and oxygen atoms in total. The summed E-state index contributed by atoms with van der Waals surface area (Å²) >= 11 is 5.95. The van der Waals surface area contributed by atoms with Crippen molar-refractivity contribution in [2.45, 2.75) is 19.4 Å². The zero-order valence-corrected chi connectivity index (χ0v) is 19.5. The summed E-state index contributed by atoms with van der Waals surface area (Å²) in [7, 11) is 0. The Morgan fingerprint density at radius 2 is 1.94 bits per heavy atom. The van der Waals surface area contributed by atoms with Gasteiger partial charge < -0.3 is 10.1 Å². The van der Waals surface area contributed by atoms with E-state index >= 15 is 0 Å². The molecule has 35 heavy (non-hydrogen) atoms. The van der Waals surface area contributed by atoms with E-state index in [1.165, 1.54) is 11.1 Å². The average Bonchev–Trinajstić information content (AvgIpc) is 3.42. The van der Waals surface area contributed by atoms with Crippen LogP contribution in [0.15, 0.2) is 73.2 Å². The Bertz CT molecular complexity index is 1360. The molecule has 0 saturated heterocycles. The molecule has 0 aliphatic carbocycles. The number of ether oxygens (including phenoxy) is 1. The van der Waals surface area contributed by atoms with Gasteiger partial charge in [-0.15, -0.1) is 0 Å². The van der Waals surface area contributed by atoms with E-state index in [-0.39, 0.29) is 18.4 Å². The van der Waals surface area contributed by atoms with Crippen LogP contribution in [0.3, 0.4) is 0 Å². The number of anilines is 2. The molecule has 4 aromatic rings. The molecule has 2 amide bonds. The summed E-state index contributed by atoms with van der Waals surface area (Å²) in [5.41, 5.74) is 2.47. The Morgan fingerprint density at radius 3 is 2.63 bits per heavy atom. The number of hydrogen-bond donors (Lipinski definition) is 1. The molecule has 1 aliphatic rings. The van der Waals surface area contributed by atoms with E-state index in [9.17, 15) is 9.59 Å². The number of fused-ring (bicyclic) bond motifs is 1. The van der Waals surface area contributed by atoms with E-state index < -0.39 is 6.10 Å². The van der Waals surface area contributed by atoms with E-state index in [0.29, 0.717) is 40.1 Å². The van der Waals surface area contributed by atoms with E-state index in [1.54, 1.807) is 47.3 Å². The monoisotopic (exact) mass is 488 g/mol. The first-order valence-electron chi connectivity index (χ1n) is 11.0. The highest BCUT2D eigenvalue weighted by atomic mass is 35.5. The first kappa shape index (κ1) is 22.5. The molecule has 5 rings (SSSR count). The summed E-state index contributed by atoms with van der Waals surface area (Å²) in [6.45, 7) is 1.70. The van der Waals surface area contributed by atoms with Crippen LogP contribution in [-0.4, -0.2) is 44.2 Å². The van der Waals surface area contributed by atoms with Gasteiger partial charge in [-0.3, -0.25) is 19.5 Å². The number of hydrogen-bond acceptors (Lipinski definition) is 6. The Kier molecular flexibility index (Phi) is 6.15. The Morgan fingerprint density at radius 1 is 1.14 bits per heavy atom. The van der Waals surface area contributed by atoms with Crippen molar-refractivity contribution >= 4 is 34.9 Å². The molecule has 1 N–H and O–H groups in total. The third kappa shape index (κ3) is 4.71. The van der Waals surface area contributed by atoms with Gasteiger partial charge in [0, 0.05) is 18.6 Å². The summed E-state index contributed by atoms with van der Waals surface area (Å²) in [6.07, 6.45) is 4.68. The molecule has 1 unspecified atom stereocenters. The van der Waals surface area contributed by atoms with Crippen LogP contribution in [-0.2, 0) is 9.59 Å². The maximum absolute atomic E-state index is 13.5. The summed E-state index contributed by atoms with van der Waals surface area (Å²) in [6, 6.07) is 16.0. The van der Waals surface area contributed by atoms with Crippen molar-refractivity contribution in [1.29, 1.82) is 0 Å². The fourth-order valence-electron chi connectivity index (χ4n) is 3.76. The number of pyridine rings is 2. The third-order valence-corrected chi connectivity index (χ3v) is 5.72. The lowest BCUT2D eigenvalue weighted by molar-refractivity contribution is -0.127. The Hall–Kier alpha value is -4.24. The summed E-state index contributed by atoms with van der Waals surface area (Å²) in [5.74, 6) is 0.228. The maximum atomic E-state index is 13.5. The molecule has 1 aliphatic heterocycles. The van der Waals surface area contributed by atoms with Crippen molar-refractivity contribution < 1.29 is 14.3 Å². The quantitative estimate of drug-likeness (QED) is 0.438. The molecule has 176 valence electrons. The zero-order valence-electron chi connectivity index (χ0n) is 18.8. The maximum Gasteiger partial charge on any atom is 0.269 e. The van der Waals surface area contributed by atoms with Crippen LogP contribution in [0.4, 0.5) is 11.5 Å². The van der Waals surface area contributed by atoms with Gasteiger partial charge in [0.2, 0.25) is 5.91 Å². The van der Waals surface area contributed by atoms with Crippen molar-refractivity contribution in [2.24, 2.45) is 0 Å². The number of rotatable bonds is 6. The van der Waals surface area contributed by atoms with Crippen LogP contribution in [0.2, 0.25) is 5.02 Å². The van der Waals surface area contributed by atoms with Crippen molar-refractivity contribution in [1.82, 2.24) is 19.7 Å². The van der Waals surface area contributed by atoms with Crippen LogP contribution >= 0.6 is 11.6 Å². The summed E-state index contributed by atoms with van der Waals surface area (Å²) in [5, 5.41) is 7.49. The third-order valence-electron chi connectivity index (χ3n) is 5.49. The van der Waals surface area contributed by atoms with Crippen molar-refractivity contribution in [3.63, 3.8) is 0 Å². The molecule has 1 aromatic carbocycles. The van der Waals surface area contributed by atoms with E-state index in [1.807, 2.05) is 31.3 Å². The van der Waals surface area contributed by atoms with Gasteiger partial charge in [-0.05, 0) is 61.0 Å². The predicted octanol–water partition coefficient (Wildman–Crippen LogP) is 4.13. The molecule has 0 bridgehead atoms. The molecular weight excluding hydrogens is 468 g/mol. The van der Waals surface area contributed by atoms with Gasteiger partial charge in [-0.25, -0.2) is 9.67 Å². The molecule has 0 saturated carbocycles. The number of nitrogens with one attached hydrogen (secondary N) is 1. The number of halogens is 1. The summed E-state index contributed by atoms with van der Waals surface area (Å²) < 4.78 is 7.75. The second-order valence-corrected chi connectivity index (χ2v) is 8.30. The van der Waals surface area contributed by atoms with Gasteiger partial charge in [-0.2, -0.15) is 5.10 Å². The first-order chi connectivity index (χ1) is 17.0. The highest BCUT2D eigenvalue weighted by Crippen LogP contribution is 2.31. The molecule has 4 heterocycles. The Labute approximate surface area is 206 Å². The van der Waals surface area contributed by atoms with Crippen LogP contribution in [0.1, 0.15) is 13.3 Å². The van der Waals surface area contributed by atoms with Gasteiger partial charge in [0.25, 0.3) is 5.91 Å². The minimum Gasteiger partial charge on any atom is -0.481 e. The molecule has 0 spiro atoms. The van der Waals surface area contributed by atoms with Crippen LogP contribution in [0.25, 0.3) is 17.1 Å². The van der Waals surface area contributed by atoms with Gasteiger partial charge in [0.05, 0.1) is 27.8 Å². The van der Waals surface area contributed by atoms with E-state index in [2.05, 4.69) is 20.4 Å². The van der Waals surface area contributed by atoms with Crippen molar-refractivity contribution in [3.8, 4) is 22.8 Å². The van der Waals surface area contributed by atoms with Gasteiger partial charge in [0.1, 0.15) is 12.3 Å². The molecule has 0 fully saturated rings. The van der Waals surface area contributed by atoms with Gasteiger partial charge in [-0.1, -0.05) is 18.5 Å². The van der Waals surface area contributed by atoms with Crippen LogP contribution in [0.5, 0.6) is 5.75 Å². The summed E-state index contributed by atoms with van der Waals surface area (Å²) in [4.78, 5) is 36.2. The largest absolute Gasteiger partial charge is 0.481 e. The van der Waals surface area contributed by atoms with Gasteiger partial charge in [0.15, 0.2) is 11.9 Å². The van der Waals surface area contributed by atoms with Crippen LogP contribution < -0.4 is 15.0 Å². The van der Waals surface area contributed by atoms with E-state index in [4.69, 9.17) is 16.3 Å². The predicted molar refractivity (Wildman–Crippen MR) is 132 cm³/mol. The molecule has 10 heteroatoms. The number of amides is 2. The van der Waals surface area contributed by atoms with Gasteiger partial charge >= 0.3 is 0 Å². The SMILES string of the molecule is CCC(Oc1ccc(-n2cccn2)cc1)C(=O)N1CC(=O)Nc2ccc(-c3ccc(Cl)cn3)nc21. The number of benzene rings is 1. The highest BCUT2D eigenvalue weighted by Gasteiger charge is 2.33. The highest BCUT2D eigenvalue weighted by molar-refractivity contribution is 6.30. The molecule has 1 atom stereocenters. The van der Waals surface area contributed by atoms with E-state index in [0.717, 1.165) is 5.69 Å². The second kappa shape index (κ2) is 9.55. The lowest BCUT2D eigenvalue weighted by Gasteiger charge is -2.31. The topological polar surface area (TPSA) is 102 Å². The lowest BCUT2D eigenvalue weighted by atomic mass is 10.1. The lowest BCUT2D eigenvalue weighted by Crippen LogP contribution is -2.48. The minimum absolute atomic E-state index is 0.158. The Balaban J connectivity index is 1.40. The van der Waals surface area contributed by atoms with Crippen molar-refractivity contribution in [2.75, 3.05) is 16.8 Å². The number of aromatic nitrogens is 4.